The molecule has 7 nitrogen and oxygen atoms in total. The molecule has 1 aromatic carbocycles. The van der Waals surface area contributed by atoms with Gasteiger partial charge in [-0.3, -0.25) is 20.4 Å². The summed E-state index contributed by atoms with van der Waals surface area (Å²) in [7, 11) is 0. The summed E-state index contributed by atoms with van der Waals surface area (Å²) in [5.41, 5.74) is 4.81. The lowest BCUT2D eigenvalue weighted by Crippen LogP contribution is -2.46. The highest BCUT2D eigenvalue weighted by atomic mass is 16.6. The number of carbonyl (C=O) groups is 3. The number of esters is 1. The van der Waals surface area contributed by atoms with Gasteiger partial charge < -0.3 is 9.15 Å². The van der Waals surface area contributed by atoms with Crippen LogP contribution in [0.4, 0.5) is 0 Å². The van der Waals surface area contributed by atoms with E-state index in [1.54, 1.807) is 30.3 Å². The topological polar surface area (TPSA) is 97.6 Å². The molecule has 114 valence electrons. The van der Waals surface area contributed by atoms with Crippen LogP contribution in [0.3, 0.4) is 0 Å². The molecule has 7 heteroatoms. The summed E-state index contributed by atoms with van der Waals surface area (Å²) in [5.74, 6) is -1.90. The zero-order valence-electron chi connectivity index (χ0n) is 11.7. The first-order valence-corrected chi connectivity index (χ1v) is 6.47. The molecule has 0 bridgehead atoms. The summed E-state index contributed by atoms with van der Waals surface area (Å²) in [5, 5.41) is 0. The minimum Gasteiger partial charge on any atom is -0.457 e. The second-order valence-corrected chi connectivity index (χ2v) is 4.33. The lowest BCUT2D eigenvalue weighted by molar-refractivity contribution is -0.129. The molecule has 1 heterocycles. The van der Waals surface area contributed by atoms with Gasteiger partial charge in [-0.15, -0.1) is 0 Å². The Morgan fingerprint density at radius 1 is 1.05 bits per heavy atom. The van der Waals surface area contributed by atoms with Crippen LogP contribution in [0.2, 0.25) is 0 Å². The first-order chi connectivity index (χ1) is 10.6. The second-order valence-electron chi connectivity index (χ2n) is 4.33. The number of amides is 2. The van der Waals surface area contributed by atoms with E-state index in [0.29, 0.717) is 5.56 Å². The van der Waals surface area contributed by atoms with Gasteiger partial charge in [-0.05, 0) is 31.2 Å². The molecule has 2 amide bonds. The Labute approximate surface area is 126 Å². The predicted octanol–water partition coefficient (Wildman–Crippen LogP) is 1.29. The van der Waals surface area contributed by atoms with E-state index in [2.05, 4.69) is 10.9 Å². The quantitative estimate of drug-likeness (QED) is 0.655. The number of ether oxygens (including phenoxy) is 1. The first-order valence-electron chi connectivity index (χ1n) is 6.47. The molecule has 22 heavy (non-hydrogen) atoms. The van der Waals surface area contributed by atoms with Crippen molar-refractivity contribution < 1.29 is 23.5 Å². The Balaban J connectivity index is 1.82. The summed E-state index contributed by atoms with van der Waals surface area (Å²) in [6, 6.07) is 11.3. The van der Waals surface area contributed by atoms with Gasteiger partial charge in [-0.1, -0.05) is 18.2 Å². The van der Waals surface area contributed by atoms with Crippen molar-refractivity contribution in [2.45, 2.75) is 13.0 Å². The van der Waals surface area contributed by atoms with Crippen LogP contribution in [0.1, 0.15) is 27.8 Å². The molecule has 2 N–H and O–H groups in total. The second kappa shape index (κ2) is 7.07. The normalized spacial score (nSPS) is 11.3. The smallest absolute Gasteiger partial charge is 0.374 e. The van der Waals surface area contributed by atoms with Crippen LogP contribution in [-0.4, -0.2) is 23.9 Å². The fraction of sp³-hybridized carbons (Fsp3) is 0.133. The lowest BCUT2D eigenvalue weighted by Gasteiger charge is -2.13. The first kappa shape index (κ1) is 15.3. The highest BCUT2D eigenvalue weighted by molar-refractivity contribution is 5.96. The van der Waals surface area contributed by atoms with Gasteiger partial charge >= 0.3 is 5.97 Å². The molecule has 0 aliphatic heterocycles. The van der Waals surface area contributed by atoms with Gasteiger partial charge in [-0.25, -0.2) is 4.79 Å². The van der Waals surface area contributed by atoms with Crippen LogP contribution in [-0.2, 0) is 9.53 Å². The van der Waals surface area contributed by atoms with E-state index in [1.807, 2.05) is 0 Å². The van der Waals surface area contributed by atoms with Crippen LogP contribution in [0.15, 0.2) is 53.1 Å². The summed E-state index contributed by atoms with van der Waals surface area (Å²) < 4.78 is 9.75. The fourth-order valence-electron chi connectivity index (χ4n) is 1.55. The monoisotopic (exact) mass is 302 g/mol. The van der Waals surface area contributed by atoms with Gasteiger partial charge in [0, 0.05) is 5.56 Å². The largest absolute Gasteiger partial charge is 0.457 e. The van der Waals surface area contributed by atoms with Crippen LogP contribution < -0.4 is 10.9 Å². The van der Waals surface area contributed by atoms with Gasteiger partial charge in [0.25, 0.3) is 11.8 Å². The lowest BCUT2D eigenvalue weighted by atomic mass is 10.2. The van der Waals surface area contributed by atoms with Crippen molar-refractivity contribution in [1.82, 2.24) is 10.9 Å². The van der Waals surface area contributed by atoms with E-state index in [9.17, 15) is 14.4 Å². The van der Waals surface area contributed by atoms with Crippen LogP contribution in [0.5, 0.6) is 0 Å². The molecule has 0 fully saturated rings. The van der Waals surface area contributed by atoms with E-state index in [-0.39, 0.29) is 5.76 Å². The third kappa shape index (κ3) is 3.95. The maximum atomic E-state index is 11.8. The van der Waals surface area contributed by atoms with Gasteiger partial charge in [0.2, 0.25) is 5.76 Å². The van der Waals surface area contributed by atoms with Crippen molar-refractivity contribution in [3.05, 3.63) is 60.1 Å². The Morgan fingerprint density at radius 3 is 2.41 bits per heavy atom. The number of hydrazine groups is 1. The molecule has 0 radical (unpaired) electrons. The third-order valence-corrected chi connectivity index (χ3v) is 2.71. The molecule has 0 saturated carbocycles. The number of carbonyl (C=O) groups excluding carboxylic acids is 3. The molecule has 0 spiro atoms. The molecule has 0 saturated heterocycles. The van der Waals surface area contributed by atoms with E-state index in [4.69, 9.17) is 9.15 Å². The van der Waals surface area contributed by atoms with E-state index in [1.165, 1.54) is 25.3 Å². The number of nitrogens with one attached hydrogen (secondary N) is 2. The molecule has 2 rings (SSSR count). The van der Waals surface area contributed by atoms with E-state index in [0.717, 1.165) is 0 Å². The van der Waals surface area contributed by atoms with Gasteiger partial charge in [0.1, 0.15) is 0 Å². The number of benzene rings is 1. The Hall–Kier alpha value is -3.09. The molecule has 0 aliphatic carbocycles. The zero-order valence-corrected chi connectivity index (χ0v) is 11.7. The molecule has 0 unspecified atom stereocenters. The number of hydrogen-bond acceptors (Lipinski definition) is 5. The Bertz CT molecular complexity index is 652. The molecule has 1 aromatic heterocycles. The minimum absolute atomic E-state index is 0.00651. The average molecular weight is 302 g/mol. The Morgan fingerprint density at radius 2 is 1.77 bits per heavy atom. The van der Waals surface area contributed by atoms with Crippen molar-refractivity contribution in [1.29, 1.82) is 0 Å². The Kier molecular flexibility index (Phi) is 4.92. The van der Waals surface area contributed by atoms with Crippen molar-refractivity contribution >= 4 is 17.8 Å². The van der Waals surface area contributed by atoms with E-state index < -0.39 is 23.9 Å². The standard InChI is InChI=1S/C15H14N2O5/c1-10(22-15(20)12-8-5-9-21-12)13(18)16-17-14(19)11-6-3-2-4-7-11/h2-10H,1H3,(H,16,18)(H,17,19)/t10-/m1/s1. The molecule has 1 atom stereocenters. The molecular weight excluding hydrogens is 288 g/mol. The highest BCUT2D eigenvalue weighted by Crippen LogP contribution is 2.04. The number of furan rings is 1. The number of rotatable bonds is 4. The predicted molar refractivity (Wildman–Crippen MR) is 75.6 cm³/mol. The average Bonchev–Trinajstić information content (AvgIpc) is 3.07. The zero-order chi connectivity index (χ0) is 15.9. The van der Waals surface area contributed by atoms with Gasteiger partial charge in [0.05, 0.1) is 6.26 Å². The molecular formula is C15H14N2O5. The van der Waals surface area contributed by atoms with Crippen molar-refractivity contribution in [3.8, 4) is 0 Å². The highest BCUT2D eigenvalue weighted by Gasteiger charge is 2.20. The van der Waals surface area contributed by atoms with Crippen LogP contribution >= 0.6 is 0 Å². The van der Waals surface area contributed by atoms with E-state index >= 15 is 0 Å². The van der Waals surface area contributed by atoms with Crippen molar-refractivity contribution in [3.63, 3.8) is 0 Å². The fourth-order valence-corrected chi connectivity index (χ4v) is 1.55. The van der Waals surface area contributed by atoms with Crippen LogP contribution in [0.25, 0.3) is 0 Å². The summed E-state index contributed by atoms with van der Waals surface area (Å²) in [4.78, 5) is 35.1. The van der Waals surface area contributed by atoms with Crippen molar-refractivity contribution in [2.75, 3.05) is 0 Å². The minimum atomic E-state index is -1.09. The maximum Gasteiger partial charge on any atom is 0.374 e. The SMILES string of the molecule is C[C@@H](OC(=O)c1ccco1)C(=O)NNC(=O)c1ccccc1. The third-order valence-electron chi connectivity index (χ3n) is 2.71. The van der Waals surface area contributed by atoms with Gasteiger partial charge in [0.15, 0.2) is 6.10 Å². The summed E-state index contributed by atoms with van der Waals surface area (Å²) >= 11 is 0. The summed E-state index contributed by atoms with van der Waals surface area (Å²) in [6.07, 6.45) is 0.232. The van der Waals surface area contributed by atoms with Gasteiger partial charge in [-0.2, -0.15) is 0 Å². The van der Waals surface area contributed by atoms with Crippen molar-refractivity contribution in [2.24, 2.45) is 0 Å². The van der Waals surface area contributed by atoms with Crippen LogP contribution in [0, 0.1) is 0 Å². The molecule has 2 aromatic rings. The molecule has 0 aliphatic rings. The maximum absolute atomic E-state index is 11.8. The number of hydrogen-bond donors (Lipinski definition) is 2. The summed E-state index contributed by atoms with van der Waals surface area (Å²) in [6.45, 7) is 1.38.